The third-order valence-electron chi connectivity index (χ3n) is 2.32. The number of nitrogens with zero attached hydrogens (tertiary/aromatic N) is 2. The topological polar surface area (TPSA) is 16.1 Å². The standard InChI is InChI=1S/C15H20N2/c1-4-5-6-7-8-9-10-14-11-12-16-13-15(14)17(2)3/h4-7,9-13H,8H2,1-3H3/b5-4-,7-6?,10-9+. The van der Waals surface area contributed by atoms with Gasteiger partial charge in [0.25, 0.3) is 0 Å². The Morgan fingerprint density at radius 3 is 2.76 bits per heavy atom. The first-order chi connectivity index (χ1) is 8.25. The highest BCUT2D eigenvalue weighted by Gasteiger charge is 1.99. The van der Waals surface area contributed by atoms with Crippen LogP contribution in [0.3, 0.4) is 0 Å². The Morgan fingerprint density at radius 1 is 1.24 bits per heavy atom. The minimum Gasteiger partial charge on any atom is -0.376 e. The summed E-state index contributed by atoms with van der Waals surface area (Å²) in [7, 11) is 4.06. The molecular formula is C15H20N2. The van der Waals surface area contributed by atoms with Crippen molar-refractivity contribution >= 4 is 11.8 Å². The third-order valence-corrected chi connectivity index (χ3v) is 2.32. The van der Waals surface area contributed by atoms with Crippen LogP contribution < -0.4 is 4.90 Å². The number of rotatable bonds is 5. The van der Waals surface area contributed by atoms with E-state index >= 15 is 0 Å². The summed E-state index contributed by atoms with van der Waals surface area (Å²) in [6.45, 7) is 2.01. The molecule has 0 atom stereocenters. The molecule has 90 valence electrons. The van der Waals surface area contributed by atoms with Crippen LogP contribution in [0.1, 0.15) is 18.9 Å². The molecule has 0 N–H and O–H groups in total. The lowest BCUT2D eigenvalue weighted by Crippen LogP contribution is -2.10. The Bertz CT molecular complexity index is 415. The lowest BCUT2D eigenvalue weighted by molar-refractivity contribution is 1.11. The van der Waals surface area contributed by atoms with E-state index in [1.807, 2.05) is 51.6 Å². The zero-order valence-corrected chi connectivity index (χ0v) is 10.8. The van der Waals surface area contributed by atoms with Gasteiger partial charge >= 0.3 is 0 Å². The highest BCUT2D eigenvalue weighted by Crippen LogP contribution is 2.17. The lowest BCUT2D eigenvalue weighted by Gasteiger charge is -2.14. The van der Waals surface area contributed by atoms with Gasteiger partial charge in [0.05, 0.1) is 11.9 Å². The second-order valence-electron chi connectivity index (χ2n) is 3.92. The van der Waals surface area contributed by atoms with Gasteiger partial charge in [-0.25, -0.2) is 0 Å². The molecule has 0 saturated heterocycles. The normalized spacial score (nSPS) is 11.9. The molecule has 0 bridgehead atoms. The highest BCUT2D eigenvalue weighted by molar-refractivity contribution is 5.66. The number of anilines is 1. The van der Waals surface area contributed by atoms with Crippen molar-refractivity contribution < 1.29 is 0 Å². The van der Waals surface area contributed by atoms with Gasteiger partial charge in [-0.05, 0) is 19.4 Å². The molecule has 0 unspecified atom stereocenters. The minimum atomic E-state index is 0.944. The quantitative estimate of drug-likeness (QED) is 0.715. The minimum absolute atomic E-state index is 0.944. The predicted molar refractivity (Wildman–Crippen MR) is 76.2 cm³/mol. The molecule has 2 heteroatoms. The van der Waals surface area contributed by atoms with Gasteiger partial charge in [0, 0.05) is 25.9 Å². The van der Waals surface area contributed by atoms with Crippen molar-refractivity contribution in [3.63, 3.8) is 0 Å². The summed E-state index contributed by atoms with van der Waals surface area (Å²) in [5, 5.41) is 0. The average molecular weight is 228 g/mol. The van der Waals surface area contributed by atoms with Gasteiger partial charge in [0.1, 0.15) is 0 Å². The molecule has 0 amide bonds. The molecule has 17 heavy (non-hydrogen) atoms. The number of allylic oxidation sites excluding steroid dienone is 5. The van der Waals surface area contributed by atoms with Crippen molar-refractivity contribution in [2.75, 3.05) is 19.0 Å². The van der Waals surface area contributed by atoms with Gasteiger partial charge in [0.2, 0.25) is 0 Å². The van der Waals surface area contributed by atoms with Crippen LogP contribution >= 0.6 is 0 Å². The Morgan fingerprint density at radius 2 is 2.06 bits per heavy atom. The van der Waals surface area contributed by atoms with Gasteiger partial charge in [-0.3, -0.25) is 4.98 Å². The van der Waals surface area contributed by atoms with Gasteiger partial charge in [-0.15, -0.1) is 0 Å². The first-order valence-corrected chi connectivity index (χ1v) is 5.81. The van der Waals surface area contributed by atoms with Crippen LogP contribution in [-0.2, 0) is 0 Å². The number of hydrogen-bond donors (Lipinski definition) is 0. The van der Waals surface area contributed by atoms with E-state index in [1.54, 1.807) is 0 Å². The van der Waals surface area contributed by atoms with Crippen LogP contribution in [-0.4, -0.2) is 19.1 Å². The van der Waals surface area contributed by atoms with Gasteiger partial charge in [0.15, 0.2) is 0 Å². The molecule has 1 aromatic rings. The first kappa shape index (κ1) is 13.2. The van der Waals surface area contributed by atoms with Gasteiger partial charge < -0.3 is 4.90 Å². The Labute approximate surface area is 104 Å². The van der Waals surface area contributed by atoms with Crippen molar-refractivity contribution in [3.05, 3.63) is 54.4 Å². The summed E-state index contributed by atoms with van der Waals surface area (Å²) in [5.74, 6) is 0. The van der Waals surface area contributed by atoms with E-state index < -0.39 is 0 Å². The first-order valence-electron chi connectivity index (χ1n) is 5.81. The maximum Gasteiger partial charge on any atom is 0.0620 e. The highest BCUT2D eigenvalue weighted by atomic mass is 15.1. The van der Waals surface area contributed by atoms with Crippen molar-refractivity contribution in [1.82, 2.24) is 4.98 Å². The van der Waals surface area contributed by atoms with E-state index in [0.29, 0.717) is 0 Å². The second-order valence-corrected chi connectivity index (χ2v) is 3.92. The molecule has 0 saturated carbocycles. The van der Waals surface area contributed by atoms with E-state index in [-0.39, 0.29) is 0 Å². The van der Waals surface area contributed by atoms with Crippen LogP contribution in [0.5, 0.6) is 0 Å². The fraction of sp³-hybridized carbons (Fsp3) is 0.267. The molecule has 0 aliphatic carbocycles. The number of pyridine rings is 1. The summed E-state index contributed by atoms with van der Waals surface area (Å²) in [4.78, 5) is 6.21. The summed E-state index contributed by atoms with van der Waals surface area (Å²) >= 11 is 0. The summed E-state index contributed by atoms with van der Waals surface area (Å²) in [6.07, 6.45) is 17.2. The van der Waals surface area contributed by atoms with Crippen LogP contribution in [0.15, 0.2) is 48.8 Å². The second kappa shape index (κ2) is 7.44. The lowest BCUT2D eigenvalue weighted by atomic mass is 10.2. The Balaban J connectivity index is 2.65. The molecule has 0 aliphatic rings. The van der Waals surface area contributed by atoms with E-state index in [2.05, 4.69) is 34.2 Å². The van der Waals surface area contributed by atoms with Crippen molar-refractivity contribution in [2.24, 2.45) is 0 Å². The zero-order chi connectivity index (χ0) is 12.5. The fourth-order valence-electron chi connectivity index (χ4n) is 1.45. The third kappa shape index (κ3) is 4.68. The molecule has 1 heterocycles. The van der Waals surface area contributed by atoms with E-state index in [9.17, 15) is 0 Å². The van der Waals surface area contributed by atoms with E-state index in [4.69, 9.17) is 0 Å². The van der Waals surface area contributed by atoms with Crippen LogP contribution in [0, 0.1) is 0 Å². The maximum atomic E-state index is 4.14. The smallest absolute Gasteiger partial charge is 0.0620 e. The largest absolute Gasteiger partial charge is 0.376 e. The van der Waals surface area contributed by atoms with Crippen molar-refractivity contribution in [2.45, 2.75) is 13.3 Å². The molecule has 1 rings (SSSR count). The number of aromatic nitrogens is 1. The Hall–Kier alpha value is -1.83. The summed E-state index contributed by atoms with van der Waals surface area (Å²) in [6, 6.07) is 2.03. The van der Waals surface area contributed by atoms with Crippen LogP contribution in [0.25, 0.3) is 6.08 Å². The molecule has 0 radical (unpaired) electrons. The average Bonchev–Trinajstić information content (AvgIpc) is 2.34. The Kier molecular flexibility index (Phi) is 5.80. The predicted octanol–water partition coefficient (Wildman–Crippen LogP) is 3.68. The molecular weight excluding hydrogens is 208 g/mol. The molecule has 0 spiro atoms. The SMILES string of the molecule is C/C=C\C=CC/C=C/c1ccncc1N(C)C. The summed E-state index contributed by atoms with van der Waals surface area (Å²) < 4.78 is 0. The van der Waals surface area contributed by atoms with Crippen molar-refractivity contribution in [1.29, 1.82) is 0 Å². The monoisotopic (exact) mass is 228 g/mol. The van der Waals surface area contributed by atoms with Gasteiger partial charge in [-0.2, -0.15) is 0 Å². The summed E-state index contributed by atoms with van der Waals surface area (Å²) in [5.41, 5.74) is 2.34. The molecule has 2 nitrogen and oxygen atoms in total. The molecule has 0 aromatic carbocycles. The zero-order valence-electron chi connectivity index (χ0n) is 10.8. The number of hydrogen-bond acceptors (Lipinski definition) is 2. The molecule has 0 aliphatic heterocycles. The molecule has 0 fully saturated rings. The van der Waals surface area contributed by atoms with Crippen LogP contribution in [0.4, 0.5) is 5.69 Å². The molecule has 1 aromatic heterocycles. The van der Waals surface area contributed by atoms with Crippen molar-refractivity contribution in [3.8, 4) is 0 Å². The van der Waals surface area contributed by atoms with E-state index in [0.717, 1.165) is 12.1 Å². The van der Waals surface area contributed by atoms with Crippen LogP contribution in [0.2, 0.25) is 0 Å². The van der Waals surface area contributed by atoms with Gasteiger partial charge in [-0.1, -0.05) is 36.5 Å². The van der Waals surface area contributed by atoms with E-state index in [1.165, 1.54) is 5.56 Å². The maximum absolute atomic E-state index is 4.14. The fourth-order valence-corrected chi connectivity index (χ4v) is 1.45.